The van der Waals surface area contributed by atoms with Gasteiger partial charge in [0.1, 0.15) is 0 Å². The van der Waals surface area contributed by atoms with Gasteiger partial charge in [-0.3, -0.25) is 0 Å². The molecule has 0 bridgehead atoms. The molecule has 0 amide bonds. The van der Waals surface area contributed by atoms with Crippen molar-refractivity contribution < 1.29 is 39.6 Å². The van der Waals surface area contributed by atoms with Crippen molar-refractivity contribution in [2.75, 3.05) is 0 Å². The van der Waals surface area contributed by atoms with Crippen molar-refractivity contribution in [3.8, 4) is 11.1 Å². The van der Waals surface area contributed by atoms with Gasteiger partial charge in [0.05, 0.1) is 22.3 Å². The van der Waals surface area contributed by atoms with Crippen LogP contribution in [-0.4, -0.2) is 44.3 Å². The fourth-order valence-corrected chi connectivity index (χ4v) is 2.14. The maximum atomic E-state index is 11.4. The minimum atomic E-state index is -1.43. The van der Waals surface area contributed by atoms with Crippen LogP contribution in [0.2, 0.25) is 0 Å². The number of rotatable bonds is 5. The summed E-state index contributed by atoms with van der Waals surface area (Å²) in [6.07, 6.45) is 0. The molecule has 0 aliphatic carbocycles. The quantitative estimate of drug-likeness (QED) is 0.651. The van der Waals surface area contributed by atoms with Crippen molar-refractivity contribution in [2.45, 2.75) is 0 Å². The average molecular weight is 330 g/mol. The Kier molecular flexibility index (Phi) is 4.32. The highest BCUT2D eigenvalue weighted by Gasteiger charge is 2.18. The molecule has 0 radical (unpaired) electrons. The van der Waals surface area contributed by atoms with Crippen LogP contribution in [0.3, 0.4) is 0 Å². The number of aromatic carboxylic acids is 4. The second-order valence-corrected chi connectivity index (χ2v) is 4.78. The van der Waals surface area contributed by atoms with Gasteiger partial charge in [0.15, 0.2) is 0 Å². The van der Waals surface area contributed by atoms with E-state index in [1.54, 1.807) is 0 Å². The molecule has 4 N–H and O–H groups in total. The Morgan fingerprint density at radius 2 is 1.08 bits per heavy atom. The molecular formula is C16H10O8. The van der Waals surface area contributed by atoms with E-state index in [1.165, 1.54) is 6.07 Å². The van der Waals surface area contributed by atoms with E-state index in [0.717, 1.165) is 30.3 Å². The molecule has 2 aromatic carbocycles. The average Bonchev–Trinajstić information content (AvgIpc) is 2.53. The fourth-order valence-electron chi connectivity index (χ4n) is 2.14. The minimum Gasteiger partial charge on any atom is -0.478 e. The van der Waals surface area contributed by atoms with Gasteiger partial charge in [-0.25, -0.2) is 19.2 Å². The molecule has 24 heavy (non-hydrogen) atoms. The van der Waals surface area contributed by atoms with Gasteiger partial charge >= 0.3 is 23.9 Å². The van der Waals surface area contributed by atoms with Crippen molar-refractivity contribution in [3.63, 3.8) is 0 Å². The van der Waals surface area contributed by atoms with Crippen LogP contribution in [0.15, 0.2) is 36.4 Å². The van der Waals surface area contributed by atoms with Gasteiger partial charge < -0.3 is 20.4 Å². The molecule has 0 aromatic heterocycles. The Morgan fingerprint density at radius 1 is 0.583 bits per heavy atom. The van der Waals surface area contributed by atoms with Gasteiger partial charge in [-0.2, -0.15) is 0 Å². The molecular weight excluding hydrogens is 320 g/mol. The highest BCUT2D eigenvalue weighted by atomic mass is 16.4. The monoisotopic (exact) mass is 330 g/mol. The first-order chi connectivity index (χ1) is 11.2. The molecule has 0 saturated heterocycles. The first kappa shape index (κ1) is 16.7. The summed E-state index contributed by atoms with van der Waals surface area (Å²) in [7, 11) is 0. The smallest absolute Gasteiger partial charge is 0.336 e. The SMILES string of the molecule is O=C(O)c1cc(C(=O)O)cc(-c2ccc(C(=O)O)cc2C(=O)O)c1. The molecule has 0 atom stereocenters. The Labute approximate surface area is 134 Å². The number of benzene rings is 2. The van der Waals surface area contributed by atoms with E-state index >= 15 is 0 Å². The normalized spacial score (nSPS) is 10.2. The second kappa shape index (κ2) is 6.21. The van der Waals surface area contributed by atoms with E-state index in [2.05, 4.69) is 0 Å². The summed E-state index contributed by atoms with van der Waals surface area (Å²) < 4.78 is 0. The Bertz CT molecular complexity index is 849. The van der Waals surface area contributed by atoms with Crippen molar-refractivity contribution in [3.05, 3.63) is 58.7 Å². The summed E-state index contributed by atoms with van der Waals surface area (Å²) in [5.74, 6) is -5.50. The van der Waals surface area contributed by atoms with Crippen molar-refractivity contribution in [2.24, 2.45) is 0 Å². The third-order valence-electron chi connectivity index (χ3n) is 3.23. The van der Waals surface area contributed by atoms with Crippen molar-refractivity contribution in [1.29, 1.82) is 0 Å². The van der Waals surface area contributed by atoms with Crippen LogP contribution in [0.5, 0.6) is 0 Å². The predicted octanol–water partition coefficient (Wildman–Crippen LogP) is 2.15. The van der Waals surface area contributed by atoms with Crippen LogP contribution >= 0.6 is 0 Å². The van der Waals surface area contributed by atoms with Gasteiger partial charge in [0.2, 0.25) is 0 Å². The van der Waals surface area contributed by atoms with Crippen molar-refractivity contribution in [1.82, 2.24) is 0 Å². The van der Waals surface area contributed by atoms with E-state index in [0.29, 0.717) is 0 Å². The zero-order chi connectivity index (χ0) is 18.0. The van der Waals surface area contributed by atoms with Crippen LogP contribution in [0.4, 0.5) is 0 Å². The molecule has 8 heteroatoms. The number of hydrogen-bond donors (Lipinski definition) is 4. The number of hydrogen-bond acceptors (Lipinski definition) is 4. The molecule has 2 aromatic rings. The molecule has 0 aliphatic rings. The molecule has 0 heterocycles. The van der Waals surface area contributed by atoms with E-state index in [1.807, 2.05) is 0 Å². The zero-order valence-electron chi connectivity index (χ0n) is 11.9. The third-order valence-corrected chi connectivity index (χ3v) is 3.23. The molecule has 122 valence electrons. The molecule has 8 nitrogen and oxygen atoms in total. The summed E-state index contributed by atoms with van der Waals surface area (Å²) in [4.78, 5) is 44.6. The fraction of sp³-hybridized carbons (Fsp3) is 0. The van der Waals surface area contributed by atoms with Crippen LogP contribution in [0.1, 0.15) is 41.4 Å². The van der Waals surface area contributed by atoms with Gasteiger partial charge in [-0.15, -0.1) is 0 Å². The lowest BCUT2D eigenvalue weighted by atomic mass is 9.94. The summed E-state index contributed by atoms with van der Waals surface area (Å²) in [6.45, 7) is 0. The maximum absolute atomic E-state index is 11.4. The highest BCUT2D eigenvalue weighted by molar-refractivity contribution is 6.02. The molecule has 0 aliphatic heterocycles. The maximum Gasteiger partial charge on any atom is 0.336 e. The van der Waals surface area contributed by atoms with Crippen LogP contribution in [0, 0.1) is 0 Å². The number of carbonyl (C=O) groups is 4. The van der Waals surface area contributed by atoms with Crippen LogP contribution < -0.4 is 0 Å². The zero-order valence-corrected chi connectivity index (χ0v) is 11.9. The van der Waals surface area contributed by atoms with Gasteiger partial charge in [-0.05, 0) is 41.5 Å². The Morgan fingerprint density at radius 3 is 1.50 bits per heavy atom. The lowest BCUT2D eigenvalue weighted by Crippen LogP contribution is -2.06. The van der Waals surface area contributed by atoms with Crippen LogP contribution in [-0.2, 0) is 0 Å². The van der Waals surface area contributed by atoms with E-state index < -0.39 is 23.9 Å². The standard InChI is InChI=1S/C16H10O8/c17-13(18)7-1-2-11(12(6-7)16(23)24)8-3-9(14(19)20)5-10(4-8)15(21)22/h1-6H,(H,17,18)(H,19,20)(H,21,22)(H,23,24). The molecule has 0 saturated carbocycles. The second-order valence-electron chi connectivity index (χ2n) is 4.78. The van der Waals surface area contributed by atoms with E-state index in [4.69, 9.17) is 15.3 Å². The molecule has 0 spiro atoms. The largest absolute Gasteiger partial charge is 0.478 e. The van der Waals surface area contributed by atoms with E-state index in [9.17, 15) is 24.3 Å². The molecule has 0 fully saturated rings. The minimum absolute atomic E-state index is 0.0121. The van der Waals surface area contributed by atoms with E-state index in [-0.39, 0.29) is 33.4 Å². The Hall–Kier alpha value is -3.68. The summed E-state index contributed by atoms with van der Waals surface area (Å²) in [5.41, 5.74) is -1.25. The summed E-state index contributed by atoms with van der Waals surface area (Å²) in [5, 5.41) is 36.3. The summed E-state index contributed by atoms with van der Waals surface area (Å²) >= 11 is 0. The first-order valence-electron chi connectivity index (χ1n) is 6.43. The van der Waals surface area contributed by atoms with Gasteiger partial charge in [-0.1, -0.05) is 6.07 Å². The van der Waals surface area contributed by atoms with Gasteiger partial charge in [0.25, 0.3) is 0 Å². The van der Waals surface area contributed by atoms with Gasteiger partial charge in [0, 0.05) is 0 Å². The lowest BCUT2D eigenvalue weighted by Gasteiger charge is -2.10. The molecule has 2 rings (SSSR count). The van der Waals surface area contributed by atoms with Crippen LogP contribution in [0.25, 0.3) is 11.1 Å². The highest BCUT2D eigenvalue weighted by Crippen LogP contribution is 2.27. The number of carboxylic acid groups (broad SMARTS) is 4. The first-order valence-corrected chi connectivity index (χ1v) is 6.43. The number of carboxylic acids is 4. The predicted molar refractivity (Wildman–Crippen MR) is 79.7 cm³/mol. The Balaban J connectivity index is 2.75. The molecule has 0 unspecified atom stereocenters. The third kappa shape index (κ3) is 3.22. The lowest BCUT2D eigenvalue weighted by molar-refractivity contribution is 0.0677. The topological polar surface area (TPSA) is 149 Å². The van der Waals surface area contributed by atoms with Crippen molar-refractivity contribution >= 4 is 23.9 Å². The summed E-state index contributed by atoms with van der Waals surface area (Å²) in [6, 6.07) is 6.46.